The molecule has 0 aliphatic rings. The van der Waals surface area contributed by atoms with E-state index in [1.165, 1.54) is 5.56 Å². The summed E-state index contributed by atoms with van der Waals surface area (Å²) in [5.74, 6) is 1.61. The van der Waals surface area contributed by atoms with Gasteiger partial charge < -0.3 is 15.2 Å². The van der Waals surface area contributed by atoms with Crippen LogP contribution in [0.4, 0.5) is 5.69 Å². The van der Waals surface area contributed by atoms with Gasteiger partial charge in [-0.25, -0.2) is 0 Å². The molecule has 0 saturated carbocycles. The van der Waals surface area contributed by atoms with Crippen molar-refractivity contribution in [2.24, 2.45) is 0 Å². The van der Waals surface area contributed by atoms with Gasteiger partial charge in [-0.3, -0.25) is 0 Å². The van der Waals surface area contributed by atoms with E-state index >= 15 is 0 Å². The minimum atomic E-state index is 0.780. The molecule has 0 aliphatic carbocycles. The first-order valence-electron chi connectivity index (χ1n) is 5.77. The van der Waals surface area contributed by atoms with E-state index < -0.39 is 0 Å². The first-order chi connectivity index (χ1) is 8.71. The van der Waals surface area contributed by atoms with E-state index in [0.717, 1.165) is 29.2 Å². The largest absolute Gasteiger partial charge is 0.497 e. The van der Waals surface area contributed by atoms with Crippen LogP contribution in [0.5, 0.6) is 11.5 Å². The van der Waals surface area contributed by atoms with Crippen LogP contribution in [-0.4, -0.2) is 14.2 Å². The Bertz CT molecular complexity index is 498. The molecule has 0 fully saturated rings. The van der Waals surface area contributed by atoms with Crippen LogP contribution in [0.1, 0.15) is 11.1 Å². The molecule has 0 bridgehead atoms. The number of nitrogen functional groups attached to an aromatic ring is 1. The van der Waals surface area contributed by atoms with E-state index in [9.17, 15) is 0 Å². The summed E-state index contributed by atoms with van der Waals surface area (Å²) in [5.41, 5.74) is 8.81. The monoisotopic (exact) mass is 243 g/mol. The Kier molecular flexibility index (Phi) is 3.72. The summed E-state index contributed by atoms with van der Waals surface area (Å²) in [7, 11) is 3.31. The number of benzene rings is 2. The van der Waals surface area contributed by atoms with Crippen molar-refractivity contribution < 1.29 is 9.47 Å². The number of nitrogens with two attached hydrogens (primary N) is 1. The zero-order chi connectivity index (χ0) is 13.0. The molecule has 0 saturated heterocycles. The van der Waals surface area contributed by atoms with Crippen molar-refractivity contribution in [3.05, 3.63) is 53.6 Å². The topological polar surface area (TPSA) is 44.5 Å². The highest BCUT2D eigenvalue weighted by molar-refractivity contribution is 5.43. The molecule has 0 heterocycles. The summed E-state index contributed by atoms with van der Waals surface area (Å²) in [6.07, 6.45) is 0.827. The Morgan fingerprint density at radius 3 is 1.89 bits per heavy atom. The highest BCUT2D eigenvalue weighted by Crippen LogP contribution is 2.24. The summed E-state index contributed by atoms with van der Waals surface area (Å²) >= 11 is 0. The lowest BCUT2D eigenvalue weighted by Crippen LogP contribution is -1.93. The molecule has 2 rings (SSSR count). The Morgan fingerprint density at radius 1 is 0.833 bits per heavy atom. The normalized spacial score (nSPS) is 10.1. The van der Waals surface area contributed by atoms with Crippen LogP contribution in [0.2, 0.25) is 0 Å². The number of anilines is 1. The summed E-state index contributed by atoms with van der Waals surface area (Å²) in [6, 6.07) is 13.8. The van der Waals surface area contributed by atoms with E-state index in [1.54, 1.807) is 14.2 Å². The van der Waals surface area contributed by atoms with E-state index in [4.69, 9.17) is 15.2 Å². The van der Waals surface area contributed by atoms with Crippen molar-refractivity contribution in [2.75, 3.05) is 20.0 Å². The molecular formula is C15H17NO2. The molecule has 0 aliphatic heterocycles. The smallest absolute Gasteiger partial charge is 0.122 e. The van der Waals surface area contributed by atoms with Crippen LogP contribution >= 0.6 is 0 Å². The third kappa shape index (κ3) is 2.94. The lowest BCUT2D eigenvalue weighted by atomic mass is 10.0. The van der Waals surface area contributed by atoms with Gasteiger partial charge in [-0.15, -0.1) is 0 Å². The minimum absolute atomic E-state index is 0.780. The molecular weight excluding hydrogens is 226 g/mol. The van der Waals surface area contributed by atoms with Crippen molar-refractivity contribution in [1.82, 2.24) is 0 Å². The molecule has 18 heavy (non-hydrogen) atoms. The lowest BCUT2D eigenvalue weighted by Gasteiger charge is -2.08. The number of hydrogen-bond acceptors (Lipinski definition) is 3. The predicted octanol–water partition coefficient (Wildman–Crippen LogP) is 2.88. The molecule has 0 unspecified atom stereocenters. The number of ether oxygens (including phenoxy) is 2. The zero-order valence-corrected chi connectivity index (χ0v) is 10.6. The van der Waals surface area contributed by atoms with Crippen molar-refractivity contribution in [2.45, 2.75) is 6.42 Å². The molecule has 2 N–H and O–H groups in total. The molecule has 0 atom stereocenters. The summed E-state index contributed by atoms with van der Waals surface area (Å²) in [4.78, 5) is 0. The van der Waals surface area contributed by atoms with Crippen LogP contribution in [0, 0.1) is 0 Å². The molecule has 3 heteroatoms. The van der Waals surface area contributed by atoms with Crippen LogP contribution in [0.25, 0.3) is 0 Å². The molecule has 0 radical (unpaired) electrons. The van der Waals surface area contributed by atoms with Gasteiger partial charge in [-0.05, 0) is 41.8 Å². The highest BCUT2D eigenvalue weighted by atomic mass is 16.5. The van der Waals surface area contributed by atoms with Crippen LogP contribution < -0.4 is 15.2 Å². The standard InChI is InChI=1S/C15H17NO2/c1-17-14-8-12(9-15(10-14)18-2)7-11-3-5-13(16)6-4-11/h3-6,8-10H,7,16H2,1-2H3. The van der Waals surface area contributed by atoms with E-state index in [1.807, 2.05) is 42.5 Å². The maximum Gasteiger partial charge on any atom is 0.122 e. The van der Waals surface area contributed by atoms with Gasteiger partial charge in [0.05, 0.1) is 14.2 Å². The average molecular weight is 243 g/mol. The van der Waals surface area contributed by atoms with Gasteiger partial charge in [0.25, 0.3) is 0 Å². The summed E-state index contributed by atoms with van der Waals surface area (Å²) in [5, 5.41) is 0. The SMILES string of the molecule is COc1cc(Cc2ccc(N)cc2)cc(OC)c1. The second-order valence-electron chi connectivity index (χ2n) is 4.14. The average Bonchev–Trinajstić information content (AvgIpc) is 2.41. The van der Waals surface area contributed by atoms with Gasteiger partial charge in [0.2, 0.25) is 0 Å². The second kappa shape index (κ2) is 5.45. The number of methoxy groups -OCH3 is 2. The third-order valence-electron chi connectivity index (χ3n) is 2.80. The van der Waals surface area contributed by atoms with Crippen LogP contribution in [0.15, 0.2) is 42.5 Å². The van der Waals surface area contributed by atoms with Crippen molar-refractivity contribution >= 4 is 5.69 Å². The number of rotatable bonds is 4. The highest BCUT2D eigenvalue weighted by Gasteiger charge is 2.03. The Hall–Kier alpha value is -2.16. The molecule has 94 valence electrons. The minimum Gasteiger partial charge on any atom is -0.497 e. The van der Waals surface area contributed by atoms with Gasteiger partial charge in [-0.1, -0.05) is 12.1 Å². The fraction of sp³-hybridized carbons (Fsp3) is 0.200. The Morgan fingerprint density at radius 2 is 1.39 bits per heavy atom. The van der Waals surface area contributed by atoms with E-state index in [2.05, 4.69) is 0 Å². The van der Waals surface area contributed by atoms with Gasteiger partial charge in [0, 0.05) is 11.8 Å². The Balaban J connectivity index is 2.25. The molecule has 0 spiro atoms. The Labute approximate surface area is 107 Å². The quantitative estimate of drug-likeness (QED) is 0.840. The maximum absolute atomic E-state index is 5.67. The molecule has 0 amide bonds. The van der Waals surface area contributed by atoms with E-state index in [-0.39, 0.29) is 0 Å². The van der Waals surface area contributed by atoms with Gasteiger partial charge >= 0.3 is 0 Å². The van der Waals surface area contributed by atoms with Crippen molar-refractivity contribution in [3.8, 4) is 11.5 Å². The van der Waals surface area contributed by atoms with Gasteiger partial charge in [0.1, 0.15) is 11.5 Å². The van der Waals surface area contributed by atoms with Crippen molar-refractivity contribution in [3.63, 3.8) is 0 Å². The molecule has 2 aromatic rings. The second-order valence-corrected chi connectivity index (χ2v) is 4.14. The zero-order valence-electron chi connectivity index (χ0n) is 10.6. The van der Waals surface area contributed by atoms with Gasteiger partial charge in [0.15, 0.2) is 0 Å². The molecule has 2 aromatic carbocycles. The van der Waals surface area contributed by atoms with Gasteiger partial charge in [-0.2, -0.15) is 0 Å². The predicted molar refractivity (Wildman–Crippen MR) is 73.2 cm³/mol. The van der Waals surface area contributed by atoms with E-state index in [0.29, 0.717) is 0 Å². The third-order valence-corrected chi connectivity index (χ3v) is 2.80. The van der Waals surface area contributed by atoms with Crippen molar-refractivity contribution in [1.29, 1.82) is 0 Å². The first kappa shape index (κ1) is 12.3. The van der Waals surface area contributed by atoms with Crippen LogP contribution in [0.3, 0.4) is 0 Å². The number of hydrogen-bond donors (Lipinski definition) is 1. The fourth-order valence-electron chi connectivity index (χ4n) is 1.84. The summed E-state index contributed by atoms with van der Waals surface area (Å²) in [6.45, 7) is 0. The first-order valence-corrected chi connectivity index (χ1v) is 5.77. The molecule has 3 nitrogen and oxygen atoms in total. The summed E-state index contributed by atoms with van der Waals surface area (Å²) < 4.78 is 10.5. The maximum atomic E-state index is 5.67. The van der Waals surface area contributed by atoms with Crippen LogP contribution in [-0.2, 0) is 6.42 Å². The fourth-order valence-corrected chi connectivity index (χ4v) is 1.84. The molecule has 0 aromatic heterocycles. The lowest BCUT2D eigenvalue weighted by molar-refractivity contribution is 0.393.